The first-order valence-corrected chi connectivity index (χ1v) is 10.6. The Hall–Kier alpha value is -3.52. The number of nitrogens with zero attached hydrogens (tertiary/aromatic N) is 3. The minimum Gasteiger partial charge on any atom is -0.383 e. The van der Waals surface area contributed by atoms with Gasteiger partial charge in [0.2, 0.25) is 5.91 Å². The second kappa shape index (κ2) is 9.53. The maximum atomic E-state index is 12.5. The first-order chi connectivity index (χ1) is 14.8. The molecule has 0 atom stereocenters. The van der Waals surface area contributed by atoms with Crippen molar-refractivity contribution < 1.29 is 4.79 Å². The van der Waals surface area contributed by atoms with Crippen LogP contribution in [0.5, 0.6) is 0 Å². The molecule has 0 aliphatic rings. The summed E-state index contributed by atoms with van der Waals surface area (Å²) in [5.41, 5.74) is 10.1. The van der Waals surface area contributed by atoms with Crippen LogP contribution in [0.1, 0.15) is 22.3 Å². The topological polar surface area (TPSA) is 116 Å². The fraction of sp³-hybridized carbons (Fsp3) is 0.130. The summed E-state index contributed by atoms with van der Waals surface area (Å²) in [5, 5.41) is 23.1. The minimum atomic E-state index is -0.237. The molecule has 6 nitrogen and oxygen atoms in total. The zero-order valence-corrected chi connectivity index (χ0v) is 18.4. The number of amides is 1. The van der Waals surface area contributed by atoms with Crippen LogP contribution in [0.3, 0.4) is 0 Å². The number of pyridine rings is 1. The zero-order chi connectivity index (χ0) is 22.5. The molecular weight excluding hydrogens is 430 g/mol. The number of thioether (sulfide) groups is 1. The highest BCUT2D eigenvalue weighted by molar-refractivity contribution is 8.00. The van der Waals surface area contributed by atoms with Gasteiger partial charge in [0, 0.05) is 16.3 Å². The largest absolute Gasteiger partial charge is 0.383 e. The van der Waals surface area contributed by atoms with Crippen LogP contribution in [0, 0.1) is 36.5 Å². The van der Waals surface area contributed by atoms with Gasteiger partial charge in [-0.1, -0.05) is 53.2 Å². The van der Waals surface area contributed by atoms with E-state index in [9.17, 15) is 15.3 Å². The normalized spacial score (nSPS) is 10.2. The summed E-state index contributed by atoms with van der Waals surface area (Å²) in [6, 6.07) is 16.6. The van der Waals surface area contributed by atoms with Crippen molar-refractivity contribution in [3.63, 3.8) is 0 Å². The van der Waals surface area contributed by atoms with E-state index in [1.54, 1.807) is 24.3 Å². The van der Waals surface area contributed by atoms with E-state index in [4.69, 9.17) is 17.3 Å². The fourth-order valence-corrected chi connectivity index (χ4v) is 4.00. The van der Waals surface area contributed by atoms with Crippen LogP contribution in [0.2, 0.25) is 5.02 Å². The minimum absolute atomic E-state index is 0.00346. The summed E-state index contributed by atoms with van der Waals surface area (Å²) in [5.74, 6) is -0.206. The lowest BCUT2D eigenvalue weighted by Gasteiger charge is -2.13. The van der Waals surface area contributed by atoms with E-state index in [1.165, 1.54) is 0 Å². The van der Waals surface area contributed by atoms with Crippen LogP contribution >= 0.6 is 23.4 Å². The lowest BCUT2D eigenvalue weighted by molar-refractivity contribution is -0.113. The first kappa shape index (κ1) is 22.2. The molecule has 1 amide bonds. The fourth-order valence-electron chi connectivity index (χ4n) is 3.08. The number of hydrogen-bond donors (Lipinski definition) is 2. The number of nitriles is 2. The summed E-state index contributed by atoms with van der Waals surface area (Å²) < 4.78 is 0. The Kier molecular flexibility index (Phi) is 6.81. The number of nitrogens with one attached hydrogen (secondary N) is 1. The Morgan fingerprint density at radius 1 is 1.13 bits per heavy atom. The Balaban J connectivity index is 1.91. The molecule has 0 radical (unpaired) electrons. The number of carbonyl (C=O) groups is 1. The molecule has 0 saturated heterocycles. The van der Waals surface area contributed by atoms with Crippen LogP contribution in [0.15, 0.2) is 47.5 Å². The molecule has 1 heterocycles. The monoisotopic (exact) mass is 447 g/mol. The van der Waals surface area contributed by atoms with Crippen LogP contribution in [-0.2, 0) is 4.79 Å². The number of anilines is 2. The molecule has 0 spiro atoms. The molecule has 31 heavy (non-hydrogen) atoms. The van der Waals surface area contributed by atoms with Crippen molar-refractivity contribution >= 4 is 40.8 Å². The molecule has 1 aromatic heterocycles. The number of nitrogen functional groups attached to an aromatic ring is 1. The molecule has 154 valence electrons. The number of carbonyl (C=O) groups excluding carboxylic acids is 1. The standard InChI is InChI=1S/C23H18ClN5OS/c1-13-3-8-19(14(2)9-13)28-20(30)12-31-23-18(11-26)21(17(10-25)22(27)29-23)15-4-6-16(24)7-5-15/h3-9H,12H2,1-2H3,(H2,27,29)(H,28,30). The van der Waals surface area contributed by atoms with Gasteiger partial charge in [-0.05, 0) is 43.2 Å². The predicted octanol–water partition coefficient (Wildman–Crippen LogP) is 5.08. The number of nitrogens with two attached hydrogens (primary N) is 1. The van der Waals surface area contributed by atoms with Gasteiger partial charge in [-0.25, -0.2) is 4.98 Å². The highest BCUT2D eigenvalue weighted by Crippen LogP contribution is 2.36. The van der Waals surface area contributed by atoms with Gasteiger partial charge in [-0.3, -0.25) is 4.79 Å². The summed E-state index contributed by atoms with van der Waals surface area (Å²) in [6.07, 6.45) is 0. The van der Waals surface area contributed by atoms with Crippen molar-refractivity contribution in [1.82, 2.24) is 4.98 Å². The van der Waals surface area contributed by atoms with Crippen LogP contribution in [-0.4, -0.2) is 16.6 Å². The van der Waals surface area contributed by atoms with Gasteiger partial charge in [0.15, 0.2) is 0 Å². The third-order valence-electron chi connectivity index (χ3n) is 4.54. The van der Waals surface area contributed by atoms with E-state index in [-0.39, 0.29) is 28.6 Å². The number of aryl methyl sites for hydroxylation is 2. The smallest absolute Gasteiger partial charge is 0.234 e. The van der Waals surface area contributed by atoms with Gasteiger partial charge in [0.25, 0.3) is 0 Å². The maximum Gasteiger partial charge on any atom is 0.234 e. The molecule has 0 bridgehead atoms. The lowest BCUT2D eigenvalue weighted by Crippen LogP contribution is -2.15. The van der Waals surface area contributed by atoms with Gasteiger partial charge in [-0.15, -0.1) is 0 Å². The van der Waals surface area contributed by atoms with Crippen molar-refractivity contribution in [3.05, 3.63) is 69.7 Å². The van der Waals surface area contributed by atoms with Crippen molar-refractivity contribution in [2.45, 2.75) is 18.9 Å². The number of benzene rings is 2. The van der Waals surface area contributed by atoms with E-state index >= 15 is 0 Å². The van der Waals surface area contributed by atoms with Gasteiger partial charge in [-0.2, -0.15) is 10.5 Å². The summed E-state index contributed by atoms with van der Waals surface area (Å²) in [6.45, 7) is 3.90. The number of hydrogen-bond acceptors (Lipinski definition) is 6. The molecule has 8 heteroatoms. The van der Waals surface area contributed by atoms with Gasteiger partial charge in [0.05, 0.1) is 11.3 Å². The van der Waals surface area contributed by atoms with Crippen LogP contribution in [0.4, 0.5) is 11.5 Å². The highest BCUT2D eigenvalue weighted by atomic mass is 35.5. The first-order valence-electron chi connectivity index (χ1n) is 9.23. The summed E-state index contributed by atoms with van der Waals surface area (Å²) in [4.78, 5) is 16.7. The number of halogens is 1. The van der Waals surface area contributed by atoms with Crippen LogP contribution in [0.25, 0.3) is 11.1 Å². The molecule has 3 N–H and O–H groups in total. The van der Waals surface area contributed by atoms with Gasteiger partial charge < -0.3 is 11.1 Å². The zero-order valence-electron chi connectivity index (χ0n) is 16.9. The second-order valence-corrected chi connectivity index (χ2v) is 8.21. The van der Waals surface area contributed by atoms with Crippen molar-refractivity contribution in [2.75, 3.05) is 16.8 Å². The van der Waals surface area contributed by atoms with E-state index in [0.29, 0.717) is 21.2 Å². The Bertz CT molecular complexity index is 1240. The van der Waals surface area contributed by atoms with Gasteiger partial charge in [0.1, 0.15) is 28.5 Å². The number of aromatic nitrogens is 1. The molecule has 0 saturated carbocycles. The molecule has 3 aromatic rings. The molecule has 0 aliphatic heterocycles. The van der Waals surface area contributed by atoms with Crippen molar-refractivity contribution in [1.29, 1.82) is 10.5 Å². The highest BCUT2D eigenvalue weighted by Gasteiger charge is 2.21. The Morgan fingerprint density at radius 3 is 2.42 bits per heavy atom. The molecular formula is C23H18ClN5OS. The molecule has 0 aliphatic carbocycles. The quantitative estimate of drug-likeness (QED) is 0.527. The third-order valence-corrected chi connectivity index (χ3v) is 5.77. The molecule has 3 rings (SSSR count). The average molecular weight is 448 g/mol. The molecule has 2 aromatic carbocycles. The summed E-state index contributed by atoms with van der Waals surface area (Å²) in [7, 11) is 0. The second-order valence-electron chi connectivity index (χ2n) is 6.81. The SMILES string of the molecule is Cc1ccc(NC(=O)CSc2nc(N)c(C#N)c(-c3ccc(Cl)cc3)c2C#N)c(C)c1. The maximum absolute atomic E-state index is 12.5. The van der Waals surface area contributed by atoms with Crippen molar-refractivity contribution in [2.24, 2.45) is 0 Å². The predicted molar refractivity (Wildman–Crippen MR) is 124 cm³/mol. The molecule has 0 fully saturated rings. The van der Waals surface area contributed by atoms with Crippen LogP contribution < -0.4 is 11.1 Å². The van der Waals surface area contributed by atoms with Gasteiger partial charge >= 0.3 is 0 Å². The number of rotatable bonds is 5. The Morgan fingerprint density at radius 2 is 1.81 bits per heavy atom. The van der Waals surface area contributed by atoms with Crippen molar-refractivity contribution in [3.8, 4) is 23.3 Å². The van der Waals surface area contributed by atoms with E-state index in [2.05, 4.69) is 16.4 Å². The third kappa shape index (κ3) is 4.97. The summed E-state index contributed by atoms with van der Waals surface area (Å²) >= 11 is 7.06. The average Bonchev–Trinajstić information content (AvgIpc) is 2.74. The van der Waals surface area contributed by atoms with E-state index in [0.717, 1.165) is 28.6 Å². The lowest BCUT2D eigenvalue weighted by atomic mass is 9.97. The Labute approximate surface area is 189 Å². The van der Waals surface area contributed by atoms with E-state index in [1.807, 2.05) is 38.1 Å². The molecule has 0 unspecified atom stereocenters. The van der Waals surface area contributed by atoms with E-state index < -0.39 is 0 Å².